The predicted molar refractivity (Wildman–Crippen MR) is 125 cm³/mol. The van der Waals surface area contributed by atoms with Crippen LogP contribution >= 0.6 is 35.3 Å². The summed E-state index contributed by atoms with van der Waals surface area (Å²) < 4.78 is 41.9. The molecule has 0 aliphatic carbocycles. The molecule has 4 N–H and O–H groups in total. The molecule has 0 saturated carbocycles. The van der Waals surface area contributed by atoms with Gasteiger partial charge >= 0.3 is 0 Å². The van der Waals surface area contributed by atoms with Crippen LogP contribution in [0.25, 0.3) is 0 Å². The fraction of sp³-hybridized carbons (Fsp3) is 0.389. The molecular formula is C18H26FIN4O3S2. The van der Waals surface area contributed by atoms with Gasteiger partial charge in [-0.2, -0.15) is 0 Å². The normalized spacial score (nSPS) is 12.8. The Morgan fingerprint density at radius 1 is 1.28 bits per heavy atom. The van der Waals surface area contributed by atoms with Gasteiger partial charge in [0.2, 0.25) is 10.0 Å². The molecule has 2 rings (SSSR count). The number of sulfonamides is 1. The van der Waals surface area contributed by atoms with Crippen LogP contribution in [0.15, 0.2) is 45.6 Å². The minimum Gasteiger partial charge on any atom is -0.489 e. The Balaban J connectivity index is 0.00000420. The Morgan fingerprint density at radius 2 is 2.03 bits per heavy atom. The number of nitrogens with one attached hydrogen (secondary N) is 2. The van der Waals surface area contributed by atoms with E-state index < -0.39 is 10.0 Å². The molecule has 29 heavy (non-hydrogen) atoms. The topological polar surface area (TPSA) is 106 Å². The Bertz CT molecular complexity index is 906. The lowest BCUT2D eigenvalue weighted by molar-refractivity contribution is 0.198. The third-order valence-corrected chi connectivity index (χ3v) is 6.21. The third kappa shape index (κ3) is 8.84. The van der Waals surface area contributed by atoms with E-state index in [1.807, 2.05) is 13.8 Å². The lowest BCUT2D eigenvalue weighted by Crippen LogP contribution is -2.42. The number of primary sulfonamides is 1. The summed E-state index contributed by atoms with van der Waals surface area (Å²) in [7, 11) is -3.69. The number of benzene rings is 1. The maximum Gasteiger partial charge on any atom is 0.247 e. The summed E-state index contributed by atoms with van der Waals surface area (Å²) in [6.07, 6.45) is 0.562. The summed E-state index contributed by atoms with van der Waals surface area (Å²) in [6.45, 7) is 5.39. The molecule has 0 amide bonds. The maximum atomic E-state index is 13.3. The molecule has 0 saturated heterocycles. The van der Waals surface area contributed by atoms with Crippen molar-refractivity contribution in [1.82, 2.24) is 10.6 Å². The first-order chi connectivity index (χ1) is 13.3. The number of aliphatic imine (C=N–C) groups is 1. The number of hydrogen-bond acceptors (Lipinski definition) is 5. The minimum atomic E-state index is -3.69. The van der Waals surface area contributed by atoms with Crippen molar-refractivity contribution in [2.75, 3.05) is 13.1 Å². The highest BCUT2D eigenvalue weighted by atomic mass is 127. The van der Waals surface area contributed by atoms with Gasteiger partial charge in [0.25, 0.3) is 0 Å². The van der Waals surface area contributed by atoms with Crippen LogP contribution in [-0.4, -0.2) is 33.6 Å². The van der Waals surface area contributed by atoms with Crippen molar-refractivity contribution in [2.45, 2.75) is 37.1 Å². The first-order valence-electron chi connectivity index (χ1n) is 8.87. The Labute approximate surface area is 192 Å². The molecule has 0 fully saturated rings. The average Bonchev–Trinajstić information content (AvgIpc) is 3.12. The van der Waals surface area contributed by atoms with E-state index in [9.17, 15) is 12.8 Å². The molecule has 0 bridgehead atoms. The quantitative estimate of drug-likeness (QED) is 0.250. The number of thiophene rings is 1. The fourth-order valence-electron chi connectivity index (χ4n) is 2.31. The molecule has 162 valence electrons. The molecule has 11 heteroatoms. The third-order valence-electron chi connectivity index (χ3n) is 3.71. The van der Waals surface area contributed by atoms with E-state index in [0.29, 0.717) is 31.3 Å². The van der Waals surface area contributed by atoms with Gasteiger partial charge < -0.3 is 15.4 Å². The minimum absolute atomic E-state index is 0. The summed E-state index contributed by atoms with van der Waals surface area (Å²) >= 11 is 1.10. The standard InChI is InChI=1S/C18H25FN4O3S2.HI/c1-3-14(26-15-7-5-6-13(19)10-15)11-22-18(21-4-2)23-12-16-8-9-17(27-16)28(20,24)25;/h5-10,14H,3-4,11-12H2,1-2H3,(H2,20,24,25)(H2,21,22,23);1H. The number of rotatable bonds is 9. The summed E-state index contributed by atoms with van der Waals surface area (Å²) in [5, 5.41) is 11.5. The molecule has 2 aromatic rings. The first kappa shape index (κ1) is 25.6. The maximum absolute atomic E-state index is 13.3. The lowest BCUT2D eigenvalue weighted by Gasteiger charge is -2.20. The van der Waals surface area contributed by atoms with Crippen molar-refractivity contribution in [2.24, 2.45) is 10.1 Å². The summed E-state index contributed by atoms with van der Waals surface area (Å²) in [6, 6.07) is 9.21. The van der Waals surface area contributed by atoms with Crippen LogP contribution in [0.5, 0.6) is 5.75 Å². The molecule has 0 aliphatic rings. The van der Waals surface area contributed by atoms with Gasteiger partial charge in [-0.05, 0) is 37.6 Å². The molecule has 1 aromatic carbocycles. The van der Waals surface area contributed by atoms with Crippen LogP contribution in [-0.2, 0) is 16.6 Å². The first-order valence-corrected chi connectivity index (χ1v) is 11.2. The largest absolute Gasteiger partial charge is 0.489 e. The van der Waals surface area contributed by atoms with Crippen LogP contribution in [0, 0.1) is 5.82 Å². The Hall–Kier alpha value is -1.44. The smallest absolute Gasteiger partial charge is 0.247 e. The van der Waals surface area contributed by atoms with Gasteiger partial charge in [0.1, 0.15) is 21.9 Å². The van der Waals surface area contributed by atoms with Gasteiger partial charge in [-0.25, -0.2) is 22.9 Å². The van der Waals surface area contributed by atoms with Crippen molar-refractivity contribution in [1.29, 1.82) is 0 Å². The Morgan fingerprint density at radius 3 is 2.62 bits per heavy atom. The van der Waals surface area contributed by atoms with Crippen molar-refractivity contribution < 1.29 is 17.5 Å². The van der Waals surface area contributed by atoms with Crippen LogP contribution in [0.3, 0.4) is 0 Å². The molecule has 1 unspecified atom stereocenters. The van der Waals surface area contributed by atoms with Gasteiger partial charge in [0.15, 0.2) is 5.96 Å². The van der Waals surface area contributed by atoms with Crippen molar-refractivity contribution in [3.8, 4) is 5.75 Å². The molecule has 0 spiro atoms. The van der Waals surface area contributed by atoms with Crippen LogP contribution < -0.4 is 20.5 Å². The number of guanidine groups is 1. The zero-order chi connectivity index (χ0) is 20.6. The van der Waals surface area contributed by atoms with E-state index in [2.05, 4.69) is 15.6 Å². The SMILES string of the molecule is CCNC(=NCc1ccc(S(N)(=O)=O)s1)NCC(CC)Oc1cccc(F)c1.I. The van der Waals surface area contributed by atoms with E-state index in [-0.39, 0.29) is 40.1 Å². The van der Waals surface area contributed by atoms with Gasteiger partial charge in [0, 0.05) is 17.5 Å². The van der Waals surface area contributed by atoms with Gasteiger partial charge in [-0.3, -0.25) is 0 Å². The molecular weight excluding hydrogens is 530 g/mol. The second kappa shape index (κ2) is 12.3. The highest BCUT2D eigenvalue weighted by Gasteiger charge is 2.12. The second-order valence-corrected chi connectivity index (χ2v) is 8.90. The van der Waals surface area contributed by atoms with E-state index in [0.717, 1.165) is 22.6 Å². The molecule has 1 aromatic heterocycles. The average molecular weight is 556 g/mol. The summed E-state index contributed by atoms with van der Waals surface area (Å²) in [5.74, 6) is 0.712. The molecule has 1 heterocycles. The number of nitrogens with zero attached hydrogens (tertiary/aromatic N) is 1. The lowest BCUT2D eigenvalue weighted by atomic mass is 10.2. The zero-order valence-corrected chi connectivity index (χ0v) is 20.2. The Kier molecular flexibility index (Phi) is 10.9. The van der Waals surface area contributed by atoms with Crippen LogP contribution in [0.2, 0.25) is 0 Å². The highest BCUT2D eigenvalue weighted by molar-refractivity contribution is 14.0. The summed E-state index contributed by atoms with van der Waals surface area (Å²) in [4.78, 5) is 5.24. The van der Waals surface area contributed by atoms with E-state index in [1.54, 1.807) is 18.2 Å². The second-order valence-electron chi connectivity index (χ2n) is 5.95. The van der Waals surface area contributed by atoms with Crippen LogP contribution in [0.4, 0.5) is 4.39 Å². The van der Waals surface area contributed by atoms with Crippen molar-refractivity contribution >= 4 is 51.3 Å². The number of hydrogen-bond donors (Lipinski definition) is 3. The van der Waals surface area contributed by atoms with E-state index in [1.165, 1.54) is 18.2 Å². The molecule has 0 radical (unpaired) electrons. The highest BCUT2D eigenvalue weighted by Crippen LogP contribution is 2.21. The number of nitrogens with two attached hydrogens (primary N) is 1. The molecule has 7 nitrogen and oxygen atoms in total. The molecule has 0 aliphatic heterocycles. The van der Waals surface area contributed by atoms with Crippen LogP contribution in [0.1, 0.15) is 25.1 Å². The predicted octanol–water partition coefficient (Wildman–Crippen LogP) is 3.07. The zero-order valence-electron chi connectivity index (χ0n) is 16.2. The van der Waals surface area contributed by atoms with E-state index >= 15 is 0 Å². The van der Waals surface area contributed by atoms with Crippen molar-refractivity contribution in [3.63, 3.8) is 0 Å². The van der Waals surface area contributed by atoms with Crippen molar-refractivity contribution in [3.05, 3.63) is 47.1 Å². The van der Waals surface area contributed by atoms with Gasteiger partial charge in [-0.1, -0.05) is 13.0 Å². The van der Waals surface area contributed by atoms with E-state index in [4.69, 9.17) is 9.88 Å². The number of halogens is 2. The monoisotopic (exact) mass is 556 g/mol. The van der Waals surface area contributed by atoms with Gasteiger partial charge in [0.05, 0.1) is 13.1 Å². The molecule has 1 atom stereocenters. The summed E-state index contributed by atoms with van der Waals surface area (Å²) in [5.41, 5.74) is 0. The fourth-order valence-corrected chi connectivity index (χ4v) is 4.01. The van der Waals surface area contributed by atoms with Gasteiger partial charge in [-0.15, -0.1) is 35.3 Å². The number of ether oxygens (including phenoxy) is 1.